The molecule has 0 N–H and O–H groups in total. The first-order valence-corrected chi connectivity index (χ1v) is 7.38. The number of ketones is 1. The maximum absolute atomic E-state index is 14.0. The first kappa shape index (κ1) is 13.1. The summed E-state index contributed by atoms with van der Waals surface area (Å²) in [7, 11) is 0. The molecule has 2 aliphatic rings. The molecule has 2 atom stereocenters. The van der Waals surface area contributed by atoms with E-state index in [0.29, 0.717) is 10.8 Å². The van der Waals surface area contributed by atoms with Crippen molar-refractivity contribution in [3.63, 3.8) is 0 Å². The molecule has 3 rings (SSSR count). The molecule has 19 heavy (non-hydrogen) atoms. The van der Waals surface area contributed by atoms with Crippen LogP contribution in [0.4, 0.5) is 4.39 Å². The molecular weight excluding hydrogens is 261 g/mol. The normalized spacial score (nSPS) is 25.5. The van der Waals surface area contributed by atoms with Crippen LogP contribution in [-0.2, 0) is 4.79 Å². The van der Waals surface area contributed by atoms with E-state index in [1.807, 2.05) is 0 Å². The van der Waals surface area contributed by atoms with Gasteiger partial charge in [-0.15, -0.1) is 0 Å². The largest absolute Gasteiger partial charge is 0.297 e. The lowest BCUT2D eigenvalue weighted by Crippen LogP contribution is -2.34. The van der Waals surface area contributed by atoms with Crippen LogP contribution in [0, 0.1) is 11.7 Å². The third-order valence-electron chi connectivity index (χ3n) is 4.01. The Bertz CT molecular complexity index is 489. The summed E-state index contributed by atoms with van der Waals surface area (Å²) in [5.74, 6) is 0.0558. The Morgan fingerprint density at radius 1 is 1.32 bits per heavy atom. The highest BCUT2D eigenvalue weighted by molar-refractivity contribution is 7.81. The Morgan fingerprint density at radius 2 is 2.05 bits per heavy atom. The van der Waals surface area contributed by atoms with E-state index in [2.05, 4.69) is 17.5 Å². The van der Waals surface area contributed by atoms with Crippen molar-refractivity contribution in [2.75, 3.05) is 13.1 Å². The zero-order valence-corrected chi connectivity index (χ0v) is 11.7. The van der Waals surface area contributed by atoms with E-state index in [1.54, 1.807) is 18.2 Å². The minimum absolute atomic E-state index is 0.142. The zero-order valence-electron chi connectivity index (χ0n) is 10.8. The molecule has 1 saturated carbocycles. The SMILES string of the molecule is O=C(C1CC1)C(c1ccccc1F)N1CCC(S)C1. The van der Waals surface area contributed by atoms with Crippen molar-refractivity contribution in [2.45, 2.75) is 30.6 Å². The summed E-state index contributed by atoms with van der Waals surface area (Å²) < 4.78 is 14.0. The lowest BCUT2D eigenvalue weighted by Gasteiger charge is -2.27. The van der Waals surface area contributed by atoms with Gasteiger partial charge in [-0.2, -0.15) is 12.6 Å². The summed E-state index contributed by atoms with van der Waals surface area (Å²) >= 11 is 4.47. The van der Waals surface area contributed by atoms with Crippen molar-refractivity contribution in [1.82, 2.24) is 4.90 Å². The van der Waals surface area contributed by atoms with E-state index in [0.717, 1.165) is 32.4 Å². The molecule has 1 aliphatic carbocycles. The molecule has 0 aromatic heterocycles. The Kier molecular flexibility index (Phi) is 3.63. The molecule has 2 fully saturated rings. The van der Waals surface area contributed by atoms with Crippen LogP contribution in [0.3, 0.4) is 0 Å². The van der Waals surface area contributed by atoms with E-state index in [4.69, 9.17) is 0 Å². The summed E-state index contributed by atoms with van der Waals surface area (Å²) in [6.07, 6.45) is 2.88. The Labute approximate surface area is 118 Å². The third kappa shape index (κ3) is 2.70. The first-order valence-electron chi connectivity index (χ1n) is 6.87. The van der Waals surface area contributed by atoms with Gasteiger partial charge < -0.3 is 0 Å². The molecule has 2 unspecified atom stereocenters. The molecule has 0 spiro atoms. The molecule has 1 aromatic carbocycles. The summed E-state index contributed by atoms with van der Waals surface area (Å²) in [5.41, 5.74) is 0.529. The van der Waals surface area contributed by atoms with Crippen LogP contribution in [0.5, 0.6) is 0 Å². The molecule has 2 nitrogen and oxygen atoms in total. The number of benzene rings is 1. The predicted molar refractivity (Wildman–Crippen MR) is 75.8 cm³/mol. The molecule has 1 saturated heterocycles. The fourth-order valence-corrected chi connectivity index (χ4v) is 3.15. The van der Waals surface area contributed by atoms with E-state index in [1.165, 1.54) is 6.07 Å². The van der Waals surface area contributed by atoms with E-state index in [9.17, 15) is 9.18 Å². The maximum Gasteiger partial charge on any atom is 0.157 e. The van der Waals surface area contributed by atoms with E-state index >= 15 is 0 Å². The highest BCUT2D eigenvalue weighted by Gasteiger charge is 2.40. The van der Waals surface area contributed by atoms with Crippen molar-refractivity contribution in [3.05, 3.63) is 35.6 Å². The number of halogens is 1. The number of nitrogens with zero attached hydrogens (tertiary/aromatic N) is 1. The number of hydrogen-bond acceptors (Lipinski definition) is 3. The van der Waals surface area contributed by atoms with Gasteiger partial charge in [0.15, 0.2) is 5.78 Å². The summed E-state index contributed by atoms with van der Waals surface area (Å²) in [6.45, 7) is 1.59. The topological polar surface area (TPSA) is 20.3 Å². The second-order valence-electron chi connectivity index (χ2n) is 5.54. The molecule has 0 amide bonds. The van der Waals surface area contributed by atoms with Gasteiger partial charge in [-0.1, -0.05) is 18.2 Å². The van der Waals surface area contributed by atoms with Crippen molar-refractivity contribution in [1.29, 1.82) is 0 Å². The van der Waals surface area contributed by atoms with Crippen LogP contribution in [0.25, 0.3) is 0 Å². The average Bonchev–Trinajstić information content (AvgIpc) is 3.16. The Balaban J connectivity index is 1.92. The lowest BCUT2D eigenvalue weighted by molar-refractivity contribution is -0.125. The molecular formula is C15H18FNOS. The molecule has 4 heteroatoms. The minimum Gasteiger partial charge on any atom is -0.297 e. The van der Waals surface area contributed by atoms with Gasteiger partial charge in [-0.05, 0) is 25.3 Å². The second-order valence-corrected chi connectivity index (χ2v) is 6.27. The fourth-order valence-electron chi connectivity index (χ4n) is 2.82. The zero-order chi connectivity index (χ0) is 13.4. The average molecular weight is 279 g/mol. The number of hydrogen-bond donors (Lipinski definition) is 1. The smallest absolute Gasteiger partial charge is 0.157 e. The molecule has 1 heterocycles. The number of thiol groups is 1. The highest BCUT2D eigenvalue weighted by Crippen LogP contribution is 2.39. The number of Topliss-reactive ketones (excluding diaryl/α,β-unsaturated/α-hetero) is 1. The van der Waals surface area contributed by atoms with Gasteiger partial charge in [0.1, 0.15) is 5.82 Å². The van der Waals surface area contributed by atoms with E-state index < -0.39 is 6.04 Å². The lowest BCUT2D eigenvalue weighted by atomic mass is 9.98. The molecule has 1 aliphatic heterocycles. The monoisotopic (exact) mass is 279 g/mol. The van der Waals surface area contributed by atoms with Gasteiger partial charge in [-0.3, -0.25) is 9.69 Å². The molecule has 1 aromatic rings. The van der Waals surface area contributed by atoms with Crippen molar-refractivity contribution in [3.8, 4) is 0 Å². The molecule has 0 radical (unpaired) electrons. The van der Waals surface area contributed by atoms with E-state index in [-0.39, 0.29) is 17.5 Å². The number of carbonyl (C=O) groups excluding carboxylic acids is 1. The maximum atomic E-state index is 14.0. The van der Waals surface area contributed by atoms with Gasteiger partial charge in [0.05, 0.1) is 6.04 Å². The Hall–Kier alpha value is -0.870. The van der Waals surface area contributed by atoms with Crippen LogP contribution < -0.4 is 0 Å². The first-order chi connectivity index (χ1) is 9.16. The third-order valence-corrected chi connectivity index (χ3v) is 4.43. The van der Waals surface area contributed by atoms with Crippen LogP contribution in [0.1, 0.15) is 30.9 Å². The minimum atomic E-state index is -0.411. The summed E-state index contributed by atoms with van der Waals surface area (Å²) in [5, 5.41) is 0.293. The van der Waals surface area contributed by atoms with Crippen molar-refractivity contribution in [2.24, 2.45) is 5.92 Å². The molecule has 102 valence electrons. The van der Waals surface area contributed by atoms with Gasteiger partial charge in [-0.25, -0.2) is 4.39 Å². The fraction of sp³-hybridized carbons (Fsp3) is 0.533. The summed E-state index contributed by atoms with van der Waals surface area (Å²) in [4.78, 5) is 14.6. The number of rotatable bonds is 4. The Morgan fingerprint density at radius 3 is 2.63 bits per heavy atom. The van der Waals surface area contributed by atoms with Gasteiger partial charge in [0.2, 0.25) is 0 Å². The van der Waals surface area contributed by atoms with Crippen LogP contribution in [0.2, 0.25) is 0 Å². The number of likely N-dealkylation sites (tertiary alicyclic amines) is 1. The standard InChI is InChI=1S/C15H18FNOS/c16-13-4-2-1-3-12(13)14(15(18)10-5-6-10)17-8-7-11(19)9-17/h1-4,10-11,14,19H,5-9H2. The van der Waals surface area contributed by atoms with Gasteiger partial charge in [0, 0.05) is 29.8 Å². The van der Waals surface area contributed by atoms with Gasteiger partial charge >= 0.3 is 0 Å². The summed E-state index contributed by atoms with van der Waals surface area (Å²) in [6, 6.07) is 6.25. The second kappa shape index (κ2) is 5.25. The highest BCUT2D eigenvalue weighted by atomic mass is 32.1. The van der Waals surface area contributed by atoms with Crippen LogP contribution >= 0.6 is 12.6 Å². The number of carbonyl (C=O) groups is 1. The molecule has 0 bridgehead atoms. The van der Waals surface area contributed by atoms with Crippen molar-refractivity contribution >= 4 is 18.4 Å². The van der Waals surface area contributed by atoms with Gasteiger partial charge in [0.25, 0.3) is 0 Å². The van der Waals surface area contributed by atoms with Crippen LogP contribution in [-0.4, -0.2) is 29.0 Å². The predicted octanol–water partition coefficient (Wildman–Crippen LogP) is 2.85. The van der Waals surface area contributed by atoms with Crippen LogP contribution in [0.15, 0.2) is 24.3 Å². The van der Waals surface area contributed by atoms with Crippen molar-refractivity contribution < 1.29 is 9.18 Å². The quantitative estimate of drug-likeness (QED) is 0.855.